The molecular weight excluding hydrogens is 310 g/mol. The summed E-state index contributed by atoms with van der Waals surface area (Å²) in [6.07, 6.45) is 1.63. The monoisotopic (exact) mass is 335 g/mol. The van der Waals surface area contributed by atoms with Gasteiger partial charge in [-0.2, -0.15) is 0 Å². The molecule has 132 valence electrons. The summed E-state index contributed by atoms with van der Waals surface area (Å²) in [5.41, 5.74) is 0.547. The van der Waals surface area contributed by atoms with E-state index in [2.05, 4.69) is 0 Å². The van der Waals surface area contributed by atoms with Crippen molar-refractivity contribution in [2.45, 2.75) is 26.2 Å². The summed E-state index contributed by atoms with van der Waals surface area (Å²) in [6, 6.07) is 7.21. The predicted molar refractivity (Wildman–Crippen MR) is 89.3 cm³/mol. The number of aliphatic carboxylic acids is 1. The maximum absolute atomic E-state index is 12.7. The van der Waals surface area contributed by atoms with Crippen LogP contribution in [-0.4, -0.2) is 54.8 Å². The summed E-state index contributed by atoms with van der Waals surface area (Å²) in [5.74, 6) is -0.109. The van der Waals surface area contributed by atoms with Crippen LogP contribution in [0.15, 0.2) is 24.3 Å². The van der Waals surface area contributed by atoms with Gasteiger partial charge in [0.2, 0.25) is 0 Å². The first-order chi connectivity index (χ1) is 11.6. The van der Waals surface area contributed by atoms with Crippen molar-refractivity contribution in [1.82, 2.24) is 4.90 Å². The van der Waals surface area contributed by atoms with Gasteiger partial charge in [-0.3, -0.25) is 9.59 Å². The van der Waals surface area contributed by atoms with E-state index >= 15 is 0 Å². The van der Waals surface area contributed by atoms with Crippen molar-refractivity contribution in [3.8, 4) is 5.75 Å². The molecular formula is C18H25NO5. The highest BCUT2D eigenvalue weighted by molar-refractivity contribution is 5.97. The normalized spacial score (nSPS) is 15.3. The quantitative estimate of drug-likeness (QED) is 0.739. The van der Waals surface area contributed by atoms with Crippen LogP contribution in [0, 0.1) is 5.92 Å². The van der Waals surface area contributed by atoms with Crippen LogP contribution in [0.1, 0.15) is 36.5 Å². The minimum atomic E-state index is -0.771. The smallest absolute Gasteiger partial charge is 0.303 e. The maximum Gasteiger partial charge on any atom is 0.303 e. The predicted octanol–water partition coefficient (Wildman–Crippen LogP) is 2.43. The topological polar surface area (TPSA) is 76.1 Å². The van der Waals surface area contributed by atoms with Gasteiger partial charge < -0.3 is 19.5 Å². The zero-order valence-electron chi connectivity index (χ0n) is 14.1. The molecule has 1 saturated heterocycles. The van der Waals surface area contributed by atoms with Gasteiger partial charge in [-0.05, 0) is 37.8 Å². The van der Waals surface area contributed by atoms with Crippen LogP contribution in [0.4, 0.5) is 0 Å². The third-order valence-electron chi connectivity index (χ3n) is 4.17. The van der Waals surface area contributed by atoms with E-state index in [0.717, 1.165) is 12.8 Å². The summed E-state index contributed by atoms with van der Waals surface area (Å²) in [7, 11) is 0. The second-order valence-corrected chi connectivity index (χ2v) is 5.87. The maximum atomic E-state index is 12.7. The molecule has 2 rings (SSSR count). The Morgan fingerprint density at radius 3 is 2.58 bits per heavy atom. The van der Waals surface area contributed by atoms with E-state index < -0.39 is 5.97 Å². The molecule has 6 nitrogen and oxygen atoms in total. The molecule has 0 radical (unpaired) electrons. The fourth-order valence-corrected chi connectivity index (χ4v) is 2.88. The fraction of sp³-hybridized carbons (Fsp3) is 0.556. The van der Waals surface area contributed by atoms with Gasteiger partial charge in [-0.15, -0.1) is 0 Å². The summed E-state index contributed by atoms with van der Waals surface area (Å²) >= 11 is 0. The van der Waals surface area contributed by atoms with Crippen molar-refractivity contribution in [2.24, 2.45) is 5.92 Å². The molecule has 6 heteroatoms. The number of carbonyl (C=O) groups excluding carboxylic acids is 1. The molecule has 1 fully saturated rings. The summed E-state index contributed by atoms with van der Waals surface area (Å²) in [4.78, 5) is 25.3. The second-order valence-electron chi connectivity index (χ2n) is 5.87. The van der Waals surface area contributed by atoms with Gasteiger partial charge >= 0.3 is 5.97 Å². The molecule has 1 aliphatic rings. The van der Waals surface area contributed by atoms with Crippen LogP contribution in [-0.2, 0) is 9.53 Å². The molecule has 0 bridgehead atoms. The van der Waals surface area contributed by atoms with Gasteiger partial charge in [0.15, 0.2) is 0 Å². The number of piperidine rings is 1. The number of amides is 1. The number of carbonyl (C=O) groups is 2. The number of carboxylic acid groups (broad SMARTS) is 1. The van der Waals surface area contributed by atoms with Crippen molar-refractivity contribution in [3.05, 3.63) is 29.8 Å². The van der Waals surface area contributed by atoms with Crippen LogP contribution < -0.4 is 4.74 Å². The Morgan fingerprint density at radius 2 is 1.92 bits per heavy atom. The Morgan fingerprint density at radius 1 is 1.21 bits per heavy atom. The fourth-order valence-electron chi connectivity index (χ4n) is 2.88. The molecule has 0 saturated carbocycles. The van der Waals surface area contributed by atoms with Gasteiger partial charge in [0.05, 0.1) is 12.2 Å². The van der Waals surface area contributed by atoms with Crippen molar-refractivity contribution in [3.63, 3.8) is 0 Å². The van der Waals surface area contributed by atoms with E-state index in [1.807, 2.05) is 19.1 Å². The van der Waals surface area contributed by atoms with Gasteiger partial charge in [-0.25, -0.2) is 0 Å². The summed E-state index contributed by atoms with van der Waals surface area (Å²) in [6.45, 7) is 4.62. The van der Waals surface area contributed by atoms with Crippen LogP contribution in [0.2, 0.25) is 0 Å². The Balaban J connectivity index is 1.94. The molecule has 1 amide bonds. The van der Waals surface area contributed by atoms with Gasteiger partial charge in [0.25, 0.3) is 5.91 Å². The molecule has 0 unspecified atom stereocenters. The molecule has 1 aliphatic heterocycles. The largest absolute Gasteiger partial charge is 0.490 e. The van der Waals surface area contributed by atoms with E-state index in [0.29, 0.717) is 44.2 Å². The van der Waals surface area contributed by atoms with Crippen molar-refractivity contribution in [1.29, 1.82) is 0 Å². The number of hydrogen-bond donors (Lipinski definition) is 1. The second kappa shape index (κ2) is 9.27. The summed E-state index contributed by atoms with van der Waals surface area (Å²) in [5, 5.41) is 8.87. The highest BCUT2D eigenvalue weighted by Crippen LogP contribution is 2.25. The Hall–Kier alpha value is -2.08. The van der Waals surface area contributed by atoms with E-state index in [1.54, 1.807) is 17.0 Å². The van der Waals surface area contributed by atoms with Crippen molar-refractivity contribution >= 4 is 11.9 Å². The van der Waals surface area contributed by atoms with E-state index in [9.17, 15) is 9.59 Å². The number of para-hydroxylation sites is 1. The molecule has 1 aromatic carbocycles. The number of carboxylic acids is 1. The van der Waals surface area contributed by atoms with Gasteiger partial charge in [0, 0.05) is 26.1 Å². The lowest BCUT2D eigenvalue weighted by Gasteiger charge is -2.31. The standard InChI is InChI=1S/C18H25NO5/c1-2-23-11-12-24-16-6-4-3-5-15(16)18(22)19-9-7-14(8-10-19)13-17(20)21/h3-6,14H,2,7-13H2,1H3,(H,20,21). The number of nitrogens with zero attached hydrogens (tertiary/aromatic N) is 1. The molecule has 1 heterocycles. The lowest BCUT2D eigenvalue weighted by Crippen LogP contribution is -2.39. The van der Waals surface area contributed by atoms with Gasteiger partial charge in [0.1, 0.15) is 12.4 Å². The zero-order chi connectivity index (χ0) is 17.4. The number of benzene rings is 1. The summed E-state index contributed by atoms with van der Waals surface area (Å²) < 4.78 is 10.9. The number of rotatable bonds is 8. The minimum Gasteiger partial charge on any atom is -0.490 e. The Bertz CT molecular complexity index is 552. The highest BCUT2D eigenvalue weighted by atomic mass is 16.5. The third-order valence-corrected chi connectivity index (χ3v) is 4.17. The Labute approximate surface area is 142 Å². The van der Waals surface area contributed by atoms with Crippen molar-refractivity contribution in [2.75, 3.05) is 32.9 Å². The average molecular weight is 335 g/mol. The van der Waals surface area contributed by atoms with Gasteiger partial charge in [-0.1, -0.05) is 12.1 Å². The van der Waals surface area contributed by atoms with Crippen LogP contribution >= 0.6 is 0 Å². The molecule has 0 aliphatic carbocycles. The average Bonchev–Trinajstić information content (AvgIpc) is 2.59. The zero-order valence-corrected chi connectivity index (χ0v) is 14.1. The molecule has 1 N–H and O–H groups in total. The number of ether oxygens (including phenoxy) is 2. The molecule has 1 aromatic rings. The lowest BCUT2D eigenvalue weighted by molar-refractivity contribution is -0.138. The SMILES string of the molecule is CCOCCOc1ccccc1C(=O)N1CCC(CC(=O)O)CC1. The molecule has 0 aromatic heterocycles. The first-order valence-electron chi connectivity index (χ1n) is 8.42. The third kappa shape index (κ3) is 5.23. The van der Waals surface area contributed by atoms with Crippen LogP contribution in [0.5, 0.6) is 5.75 Å². The molecule has 0 spiro atoms. The van der Waals surface area contributed by atoms with E-state index in [1.165, 1.54) is 0 Å². The first kappa shape index (κ1) is 18.3. The Kier molecular flexibility index (Phi) is 7.06. The minimum absolute atomic E-state index is 0.0595. The molecule has 24 heavy (non-hydrogen) atoms. The highest BCUT2D eigenvalue weighted by Gasteiger charge is 2.26. The van der Waals surface area contributed by atoms with Crippen LogP contribution in [0.25, 0.3) is 0 Å². The van der Waals surface area contributed by atoms with Crippen molar-refractivity contribution < 1.29 is 24.2 Å². The van der Waals surface area contributed by atoms with E-state index in [4.69, 9.17) is 14.6 Å². The molecule has 0 atom stereocenters. The first-order valence-corrected chi connectivity index (χ1v) is 8.42. The number of hydrogen-bond acceptors (Lipinski definition) is 4. The number of likely N-dealkylation sites (tertiary alicyclic amines) is 1. The lowest BCUT2D eigenvalue weighted by atomic mass is 9.93. The van der Waals surface area contributed by atoms with Crippen LogP contribution in [0.3, 0.4) is 0 Å². The van der Waals surface area contributed by atoms with E-state index in [-0.39, 0.29) is 18.2 Å².